The number of esters is 1. The molecule has 4 aliphatic rings. The van der Waals surface area contributed by atoms with Crippen molar-refractivity contribution < 1.29 is 46.0 Å². The molecular formula is C25H32F2O8S. The van der Waals surface area contributed by atoms with Crippen molar-refractivity contribution in [2.75, 3.05) is 12.4 Å². The molecule has 4 rings (SSSR count). The van der Waals surface area contributed by atoms with Crippen LogP contribution in [0.15, 0.2) is 23.8 Å². The Balaban J connectivity index is 1.59. The number of aliphatic hydroxyl groups excluding tert-OH is 1. The van der Waals surface area contributed by atoms with Gasteiger partial charge in [-0.15, -0.1) is 0 Å². The molecule has 200 valence electrons. The summed E-state index contributed by atoms with van der Waals surface area (Å²) in [6.07, 6.45) is 0.127. The number of fused-ring (bicyclic) bond motifs is 5. The fraction of sp³-hybridized carbons (Fsp3) is 0.720. The van der Waals surface area contributed by atoms with E-state index in [0.29, 0.717) is 6.42 Å². The van der Waals surface area contributed by atoms with Crippen LogP contribution >= 0.6 is 0 Å². The van der Waals surface area contributed by atoms with Crippen LogP contribution in [-0.2, 0) is 29.2 Å². The second kappa shape index (κ2) is 8.80. The van der Waals surface area contributed by atoms with Crippen molar-refractivity contribution in [2.45, 2.75) is 64.4 Å². The maximum atomic E-state index is 17.1. The molecule has 0 aromatic heterocycles. The number of rotatable bonds is 6. The third kappa shape index (κ3) is 4.07. The number of ketones is 2. The lowest BCUT2D eigenvalue weighted by atomic mass is 9.45. The molecule has 2 N–H and O–H groups in total. The summed E-state index contributed by atoms with van der Waals surface area (Å²) in [6.45, 7) is 4.50. The minimum absolute atomic E-state index is 0.0341. The van der Waals surface area contributed by atoms with Crippen LogP contribution in [0.1, 0.15) is 46.5 Å². The average molecular weight is 531 g/mol. The Labute approximate surface area is 208 Å². The van der Waals surface area contributed by atoms with Gasteiger partial charge in [-0.1, -0.05) is 19.9 Å². The lowest BCUT2D eigenvalue weighted by Crippen LogP contribution is -2.68. The summed E-state index contributed by atoms with van der Waals surface area (Å²) >= 11 is 0. The van der Waals surface area contributed by atoms with Crippen LogP contribution in [-0.4, -0.2) is 65.9 Å². The fourth-order valence-electron chi connectivity index (χ4n) is 7.78. The molecule has 0 radical (unpaired) electrons. The monoisotopic (exact) mass is 530 g/mol. The summed E-state index contributed by atoms with van der Waals surface area (Å²) in [5.41, 5.74) is -4.59. The van der Waals surface area contributed by atoms with E-state index in [1.165, 1.54) is 19.1 Å². The standard InChI is InChI=1S/C25H32F2O8S/c1-13-8-15-16-10-18(26)17-9-14(28)4-6-24(17,3)25(16,27)20(30)11-23(15,2)22(13)19(29)12-35-21(31)5-7-36(32,33)34/h4,6,9,13,15-16,18,20,22,30H,5,7-8,10-12H2,1-3H3,(H,32,33,34)/t13?,15-,16-,18?,20?,22+,23-,24-,25-/m0/s1. The number of allylic oxidation sites excluding steroid dienone is 4. The van der Waals surface area contributed by atoms with E-state index in [1.54, 1.807) is 6.92 Å². The molecule has 9 atom stereocenters. The number of ether oxygens (including phenoxy) is 1. The van der Waals surface area contributed by atoms with E-state index in [9.17, 15) is 27.9 Å². The second-order valence-corrected chi connectivity index (χ2v) is 12.9. The van der Waals surface area contributed by atoms with Crippen molar-refractivity contribution in [2.24, 2.45) is 34.5 Å². The van der Waals surface area contributed by atoms with E-state index in [1.807, 2.05) is 6.92 Å². The molecule has 0 heterocycles. The van der Waals surface area contributed by atoms with Gasteiger partial charge in [0.15, 0.2) is 17.2 Å². The lowest BCUT2D eigenvalue weighted by molar-refractivity contribution is -0.202. The molecule has 0 aromatic carbocycles. The van der Waals surface area contributed by atoms with Crippen LogP contribution in [0.5, 0.6) is 0 Å². The molecule has 0 spiro atoms. The van der Waals surface area contributed by atoms with Gasteiger partial charge in [-0.25, -0.2) is 8.78 Å². The predicted molar refractivity (Wildman–Crippen MR) is 124 cm³/mol. The predicted octanol–water partition coefficient (Wildman–Crippen LogP) is 2.56. The number of carbonyl (C=O) groups excluding carboxylic acids is 3. The van der Waals surface area contributed by atoms with Gasteiger partial charge in [-0.05, 0) is 61.2 Å². The molecule has 36 heavy (non-hydrogen) atoms. The Hall–Kier alpha value is -1.98. The normalized spacial score (nSPS) is 43.8. The molecular weight excluding hydrogens is 498 g/mol. The highest BCUT2D eigenvalue weighted by atomic mass is 32.2. The van der Waals surface area contributed by atoms with Gasteiger partial charge < -0.3 is 9.84 Å². The number of hydrogen-bond acceptors (Lipinski definition) is 7. The molecule has 0 amide bonds. The van der Waals surface area contributed by atoms with Gasteiger partial charge in [0.05, 0.1) is 18.3 Å². The number of carbonyl (C=O) groups is 3. The van der Waals surface area contributed by atoms with Gasteiger partial charge in [0.1, 0.15) is 12.8 Å². The largest absolute Gasteiger partial charge is 0.458 e. The molecule has 11 heteroatoms. The highest BCUT2D eigenvalue weighted by Crippen LogP contribution is 2.70. The zero-order chi connectivity index (χ0) is 26.8. The van der Waals surface area contributed by atoms with E-state index < -0.39 is 93.0 Å². The zero-order valence-corrected chi connectivity index (χ0v) is 21.3. The van der Waals surface area contributed by atoms with Crippen LogP contribution in [0.25, 0.3) is 0 Å². The summed E-state index contributed by atoms with van der Waals surface area (Å²) < 4.78 is 67.9. The van der Waals surface area contributed by atoms with E-state index in [0.717, 1.165) is 6.08 Å². The highest BCUT2D eigenvalue weighted by Gasteiger charge is 2.73. The first kappa shape index (κ1) is 27.1. The minimum atomic E-state index is -4.36. The van der Waals surface area contributed by atoms with Gasteiger partial charge in [0, 0.05) is 17.3 Å². The van der Waals surface area contributed by atoms with E-state index in [2.05, 4.69) is 0 Å². The van der Waals surface area contributed by atoms with Crippen LogP contribution in [0.3, 0.4) is 0 Å². The Morgan fingerprint density at radius 3 is 2.53 bits per heavy atom. The number of aliphatic hydroxyl groups is 1. The SMILES string of the molecule is CC1C[C@H]2[C@@H]3CC(F)C4=CC(=O)C=C[C@]4(C)[C@@]3(F)C(O)C[C@]2(C)[C@H]1C(=O)COC(=O)CCS(=O)(=O)O. The van der Waals surface area contributed by atoms with Crippen LogP contribution < -0.4 is 0 Å². The Kier molecular flexibility index (Phi) is 6.62. The van der Waals surface area contributed by atoms with Gasteiger partial charge in [-0.2, -0.15) is 8.42 Å². The minimum Gasteiger partial charge on any atom is -0.458 e. The van der Waals surface area contributed by atoms with E-state index in [4.69, 9.17) is 9.29 Å². The van der Waals surface area contributed by atoms with Crippen molar-refractivity contribution >= 4 is 27.7 Å². The van der Waals surface area contributed by atoms with Crippen LogP contribution in [0.4, 0.5) is 8.78 Å². The molecule has 3 saturated carbocycles. The summed E-state index contributed by atoms with van der Waals surface area (Å²) in [7, 11) is -4.36. The average Bonchev–Trinajstić information content (AvgIpc) is 3.03. The third-order valence-electron chi connectivity index (χ3n) is 9.25. The molecule has 4 aliphatic carbocycles. The topological polar surface area (TPSA) is 135 Å². The summed E-state index contributed by atoms with van der Waals surface area (Å²) in [5.74, 6) is -4.94. The van der Waals surface area contributed by atoms with Gasteiger partial charge in [0.2, 0.25) is 0 Å². The Morgan fingerprint density at radius 1 is 1.22 bits per heavy atom. The van der Waals surface area contributed by atoms with Crippen LogP contribution in [0.2, 0.25) is 0 Å². The number of halogens is 2. The molecule has 0 aromatic rings. The first-order valence-electron chi connectivity index (χ1n) is 12.1. The summed E-state index contributed by atoms with van der Waals surface area (Å²) in [4.78, 5) is 37.0. The summed E-state index contributed by atoms with van der Waals surface area (Å²) in [6, 6.07) is 0. The molecule has 3 fully saturated rings. The highest BCUT2D eigenvalue weighted by molar-refractivity contribution is 7.85. The maximum Gasteiger partial charge on any atom is 0.307 e. The van der Waals surface area contributed by atoms with Crippen molar-refractivity contribution in [1.82, 2.24) is 0 Å². The fourth-order valence-corrected chi connectivity index (χ4v) is 8.21. The van der Waals surface area contributed by atoms with E-state index >= 15 is 8.78 Å². The maximum absolute atomic E-state index is 17.1. The first-order chi connectivity index (χ1) is 16.5. The van der Waals surface area contributed by atoms with Crippen molar-refractivity contribution in [3.05, 3.63) is 23.8 Å². The molecule has 0 saturated heterocycles. The number of Topliss-reactive ketones (excluding diaryl/α,β-unsaturated/α-hetero) is 1. The number of hydrogen-bond donors (Lipinski definition) is 2. The van der Waals surface area contributed by atoms with E-state index in [-0.39, 0.29) is 24.3 Å². The van der Waals surface area contributed by atoms with Gasteiger partial charge in [-0.3, -0.25) is 18.9 Å². The van der Waals surface area contributed by atoms with Crippen molar-refractivity contribution in [3.63, 3.8) is 0 Å². The van der Waals surface area contributed by atoms with Crippen molar-refractivity contribution in [3.8, 4) is 0 Å². The second-order valence-electron chi connectivity index (χ2n) is 11.3. The van der Waals surface area contributed by atoms with Crippen molar-refractivity contribution in [1.29, 1.82) is 0 Å². The lowest BCUT2D eigenvalue weighted by Gasteiger charge is -2.62. The molecule has 3 unspecified atom stereocenters. The zero-order valence-electron chi connectivity index (χ0n) is 20.4. The number of alkyl halides is 2. The van der Waals surface area contributed by atoms with Gasteiger partial charge in [0.25, 0.3) is 10.1 Å². The molecule has 8 nitrogen and oxygen atoms in total. The van der Waals surface area contributed by atoms with Gasteiger partial charge >= 0.3 is 5.97 Å². The Morgan fingerprint density at radius 2 is 1.89 bits per heavy atom. The van der Waals surface area contributed by atoms with Crippen LogP contribution in [0, 0.1) is 34.5 Å². The third-order valence-corrected chi connectivity index (χ3v) is 9.97. The molecule has 0 bridgehead atoms. The summed E-state index contributed by atoms with van der Waals surface area (Å²) in [5, 5.41) is 11.3. The molecule has 0 aliphatic heterocycles. The Bertz CT molecular complexity index is 1150. The first-order valence-corrected chi connectivity index (χ1v) is 13.8. The quantitative estimate of drug-likeness (QED) is 0.395. The smallest absolute Gasteiger partial charge is 0.307 e.